The first-order valence-electron chi connectivity index (χ1n) is 29.8. The largest absolute Gasteiger partial charge is 0.310 e. The number of benzene rings is 13. The molecule has 4 aromatic heterocycles. The predicted octanol–water partition coefficient (Wildman–Crippen LogP) is 21.3. The molecule has 0 atom stereocenters. The average molecular weight is 1130 g/mol. The first-order valence-corrected chi connectivity index (χ1v) is 29.8. The number of para-hydroxylation sites is 9. The number of rotatable bonds is 12. The van der Waals surface area contributed by atoms with Gasteiger partial charge in [-0.2, -0.15) is 4.98 Å². The van der Waals surface area contributed by atoms with Gasteiger partial charge in [-0.25, -0.2) is 4.98 Å². The van der Waals surface area contributed by atoms with Crippen molar-refractivity contribution in [1.82, 2.24) is 23.7 Å². The van der Waals surface area contributed by atoms with Crippen LogP contribution in [0.25, 0.3) is 93.5 Å². The van der Waals surface area contributed by atoms with E-state index in [1.807, 2.05) is 0 Å². The van der Waals surface area contributed by atoms with E-state index in [-0.39, 0.29) is 0 Å². The van der Waals surface area contributed by atoms with E-state index >= 15 is 0 Å². The third kappa shape index (κ3) is 8.37. The minimum atomic E-state index is 0.536. The van der Waals surface area contributed by atoms with Crippen molar-refractivity contribution in [3.63, 3.8) is 0 Å². The molecule has 4 heterocycles. The van der Waals surface area contributed by atoms with Gasteiger partial charge in [-0.15, -0.1) is 0 Å². The Labute approximate surface area is 508 Å². The second-order valence-electron chi connectivity index (χ2n) is 22.2. The Balaban J connectivity index is 0.923. The topological polar surface area (TPSA) is 50.3 Å². The monoisotopic (exact) mass is 1130 g/mol. The third-order valence-corrected chi connectivity index (χ3v) is 17.1. The van der Waals surface area contributed by atoms with Gasteiger partial charge in [-0.1, -0.05) is 170 Å². The molecule has 0 saturated heterocycles. The third-order valence-electron chi connectivity index (χ3n) is 17.1. The summed E-state index contributed by atoms with van der Waals surface area (Å²) in [5, 5.41) is 7.78. The van der Waals surface area contributed by atoms with E-state index in [4.69, 9.17) is 9.97 Å². The van der Waals surface area contributed by atoms with Crippen molar-refractivity contribution in [3.8, 4) is 17.2 Å². The van der Waals surface area contributed by atoms with Gasteiger partial charge in [0.15, 0.2) is 5.82 Å². The summed E-state index contributed by atoms with van der Waals surface area (Å²) in [5.74, 6) is 1.28. The van der Waals surface area contributed by atoms with Gasteiger partial charge in [-0.3, -0.25) is 9.47 Å². The van der Waals surface area contributed by atoms with Crippen LogP contribution >= 0.6 is 0 Å². The lowest BCUT2D eigenvalue weighted by Crippen LogP contribution is -2.15. The summed E-state index contributed by atoms with van der Waals surface area (Å²) in [6.07, 6.45) is 0. The van der Waals surface area contributed by atoms with Crippen molar-refractivity contribution in [2.75, 3.05) is 14.7 Å². The molecule has 8 nitrogen and oxygen atoms in total. The van der Waals surface area contributed by atoms with Crippen molar-refractivity contribution in [1.29, 1.82) is 0 Å². The molecule has 0 fully saturated rings. The van der Waals surface area contributed by atoms with Gasteiger partial charge in [0.2, 0.25) is 5.95 Å². The molecule has 0 aliphatic rings. The molecule has 0 bridgehead atoms. The van der Waals surface area contributed by atoms with Gasteiger partial charge in [0.25, 0.3) is 0 Å². The Morgan fingerprint density at radius 3 is 1.05 bits per heavy atom. The quantitative estimate of drug-likeness (QED) is 0.122. The molecule has 0 spiro atoms. The van der Waals surface area contributed by atoms with E-state index in [1.54, 1.807) is 0 Å². The Hall–Kier alpha value is -12.0. The maximum Gasteiger partial charge on any atom is 0.237 e. The van der Waals surface area contributed by atoms with Crippen molar-refractivity contribution < 1.29 is 0 Å². The minimum absolute atomic E-state index is 0.536. The molecule has 414 valence electrons. The lowest BCUT2D eigenvalue weighted by molar-refractivity contribution is 1.04. The predicted molar refractivity (Wildman–Crippen MR) is 367 cm³/mol. The number of fused-ring (bicyclic) bond motifs is 10. The zero-order chi connectivity index (χ0) is 58.1. The standard InChI is InChI=1S/C80H54N8/c1-7-25-55(26-8-1)83(56-27-9-2-10-28-56)62-45-50-77-70(51-62)67-39-21-24-42-75(67)88(77)79-71-53-61(84(57-29-11-3-12-30-57)64-43-47-68-65-37-19-22-40-73(65)87(78(68)54-64)60-35-17-6-18-36-60)44-48-72(71)81-80(82-79)85(58-31-13-4-14-32-58)63-46-49-76-69(52-63)66-38-20-23-41-74(66)86(76)59-33-15-5-16-34-59/h1-54H. The highest BCUT2D eigenvalue weighted by Gasteiger charge is 2.26. The zero-order valence-corrected chi connectivity index (χ0v) is 47.8. The average Bonchev–Trinajstić information content (AvgIpc) is 1.66. The molecule has 88 heavy (non-hydrogen) atoms. The van der Waals surface area contributed by atoms with E-state index in [2.05, 4.69) is 356 Å². The van der Waals surface area contributed by atoms with Gasteiger partial charge in [0.1, 0.15) is 0 Å². The molecule has 0 amide bonds. The molecule has 8 heteroatoms. The van der Waals surface area contributed by atoms with Crippen LogP contribution in [-0.2, 0) is 0 Å². The zero-order valence-electron chi connectivity index (χ0n) is 47.8. The van der Waals surface area contributed by atoms with Crippen molar-refractivity contribution in [3.05, 3.63) is 328 Å². The maximum absolute atomic E-state index is 5.94. The van der Waals surface area contributed by atoms with Gasteiger partial charge < -0.3 is 18.9 Å². The Morgan fingerprint density at radius 2 is 0.534 bits per heavy atom. The fourth-order valence-corrected chi connectivity index (χ4v) is 13.3. The highest BCUT2D eigenvalue weighted by molar-refractivity contribution is 6.14. The Kier molecular flexibility index (Phi) is 12.0. The summed E-state index contributed by atoms with van der Waals surface area (Å²) in [6, 6.07) is 117. The van der Waals surface area contributed by atoms with Crippen LogP contribution in [0.5, 0.6) is 0 Å². The fourth-order valence-electron chi connectivity index (χ4n) is 13.3. The van der Waals surface area contributed by atoms with Crippen LogP contribution in [0.4, 0.5) is 51.4 Å². The highest BCUT2D eigenvalue weighted by atomic mass is 15.3. The van der Waals surface area contributed by atoms with E-state index in [9.17, 15) is 0 Å². The lowest BCUT2D eigenvalue weighted by Gasteiger charge is -2.27. The second kappa shape index (κ2) is 21.0. The normalized spacial score (nSPS) is 11.6. The van der Waals surface area contributed by atoms with Gasteiger partial charge in [-0.05, 0) is 158 Å². The molecule has 0 aliphatic heterocycles. The number of anilines is 9. The molecule has 0 unspecified atom stereocenters. The SMILES string of the molecule is c1ccc(N(c2ccccc2)c2ccc3c(c2)c2ccccc2n3-c2nc(N(c3ccccc3)c3ccc4c(c3)c3ccccc3n4-c3ccccc3)nc3ccc(N(c4ccccc4)c4ccc5c6ccccc6n(-c6ccccc6)c5c4)cc23)cc1. The minimum Gasteiger partial charge on any atom is -0.310 e. The molecule has 13 aromatic carbocycles. The van der Waals surface area contributed by atoms with E-state index < -0.39 is 0 Å². The van der Waals surface area contributed by atoms with Crippen LogP contribution in [0.1, 0.15) is 0 Å². The molecule has 0 radical (unpaired) electrons. The fraction of sp³-hybridized carbons (Fsp3) is 0. The van der Waals surface area contributed by atoms with E-state index in [0.29, 0.717) is 5.95 Å². The molecule has 0 saturated carbocycles. The molecular weight excluding hydrogens is 1070 g/mol. The smallest absolute Gasteiger partial charge is 0.237 e. The van der Waals surface area contributed by atoms with Gasteiger partial charge in [0.05, 0.1) is 38.6 Å². The van der Waals surface area contributed by atoms with Gasteiger partial charge >= 0.3 is 0 Å². The number of nitrogens with zero attached hydrogens (tertiary/aromatic N) is 8. The molecule has 17 rings (SSSR count). The molecule has 0 N–H and O–H groups in total. The van der Waals surface area contributed by atoms with Crippen LogP contribution in [0.2, 0.25) is 0 Å². The van der Waals surface area contributed by atoms with E-state index in [0.717, 1.165) is 128 Å². The maximum atomic E-state index is 5.94. The number of hydrogen-bond donors (Lipinski definition) is 0. The Bertz CT molecular complexity index is 5410. The summed E-state index contributed by atoms with van der Waals surface area (Å²) in [6.45, 7) is 0. The van der Waals surface area contributed by atoms with Crippen LogP contribution in [-0.4, -0.2) is 23.7 Å². The molecule has 17 aromatic rings. The Morgan fingerprint density at radius 1 is 0.205 bits per heavy atom. The summed E-state index contributed by atoms with van der Waals surface area (Å²) in [5.41, 5.74) is 17.6. The van der Waals surface area contributed by atoms with Crippen LogP contribution in [0.15, 0.2) is 328 Å². The molecule has 0 aliphatic carbocycles. The lowest BCUT2D eigenvalue weighted by atomic mass is 10.1. The summed E-state index contributed by atoms with van der Waals surface area (Å²) < 4.78 is 7.10. The van der Waals surface area contributed by atoms with Crippen molar-refractivity contribution in [2.24, 2.45) is 0 Å². The van der Waals surface area contributed by atoms with Crippen molar-refractivity contribution in [2.45, 2.75) is 0 Å². The van der Waals surface area contributed by atoms with Crippen LogP contribution in [0.3, 0.4) is 0 Å². The highest BCUT2D eigenvalue weighted by Crippen LogP contribution is 2.46. The number of aromatic nitrogens is 5. The first kappa shape index (κ1) is 50.5. The first-order chi connectivity index (χ1) is 43.7. The molecular formula is C80H54N8. The van der Waals surface area contributed by atoms with Crippen molar-refractivity contribution >= 4 is 128 Å². The summed E-state index contributed by atoms with van der Waals surface area (Å²) in [4.78, 5) is 18.5. The second-order valence-corrected chi connectivity index (χ2v) is 22.2. The van der Waals surface area contributed by atoms with Crippen LogP contribution < -0.4 is 14.7 Å². The van der Waals surface area contributed by atoms with E-state index in [1.165, 1.54) is 10.8 Å². The number of hydrogen-bond acceptors (Lipinski definition) is 5. The summed E-state index contributed by atoms with van der Waals surface area (Å²) in [7, 11) is 0. The van der Waals surface area contributed by atoms with Crippen LogP contribution in [0, 0.1) is 0 Å². The summed E-state index contributed by atoms with van der Waals surface area (Å²) >= 11 is 0. The van der Waals surface area contributed by atoms with Gasteiger partial charge in [0, 0.05) is 94.6 Å².